The van der Waals surface area contributed by atoms with Gasteiger partial charge in [-0.1, -0.05) is 18.7 Å². The van der Waals surface area contributed by atoms with Crippen molar-refractivity contribution in [3.05, 3.63) is 23.2 Å². The third kappa shape index (κ3) is 3.71. The number of benzene rings is 1. The summed E-state index contributed by atoms with van der Waals surface area (Å²) in [5.41, 5.74) is 0.954. The van der Waals surface area contributed by atoms with Crippen molar-refractivity contribution in [2.45, 2.75) is 13.2 Å². The van der Waals surface area contributed by atoms with Crippen LogP contribution in [0.3, 0.4) is 0 Å². The molecule has 0 amide bonds. The second-order valence-corrected chi connectivity index (χ2v) is 7.85. The van der Waals surface area contributed by atoms with Crippen molar-refractivity contribution in [2.24, 2.45) is 4.99 Å². The van der Waals surface area contributed by atoms with Crippen LogP contribution in [0.5, 0.6) is 5.75 Å². The number of hydrogen-bond donors (Lipinski definition) is 1. The Morgan fingerprint density at radius 2 is 2.38 bits per heavy atom. The minimum Gasteiger partial charge on any atom is -0.493 e. The molecular weight excluding hydrogens is 324 g/mol. The van der Waals surface area contributed by atoms with Crippen LogP contribution in [0.2, 0.25) is 0 Å². The number of aliphatic hydroxyl groups is 1. The van der Waals surface area contributed by atoms with Gasteiger partial charge >= 0.3 is 0 Å². The van der Waals surface area contributed by atoms with Crippen LogP contribution in [0.4, 0.5) is 0 Å². The van der Waals surface area contributed by atoms with Crippen molar-refractivity contribution >= 4 is 50.1 Å². The Hall–Kier alpha value is -0.760. The van der Waals surface area contributed by atoms with E-state index >= 15 is 0 Å². The second kappa shape index (κ2) is 7.00. The molecule has 1 atom stereocenters. The maximum Gasteiger partial charge on any atom is 0.155 e. The summed E-state index contributed by atoms with van der Waals surface area (Å²) in [7, 11) is 0. The van der Waals surface area contributed by atoms with Gasteiger partial charge in [-0.15, -0.1) is 11.3 Å². The molecule has 2 aromatic rings. The molecule has 0 saturated heterocycles. The SMILES string of the molecule is CCSCCOc1ccc2nc(C3=N[C@@H](O)CS3)sc2c1. The van der Waals surface area contributed by atoms with Crippen molar-refractivity contribution in [3.63, 3.8) is 0 Å². The lowest BCUT2D eigenvalue weighted by Crippen LogP contribution is -1.99. The summed E-state index contributed by atoms with van der Waals surface area (Å²) in [6.07, 6.45) is -0.591. The van der Waals surface area contributed by atoms with Crippen LogP contribution in [0, 0.1) is 0 Å². The number of aliphatic hydroxyl groups excluding tert-OH is 1. The Kier molecular flexibility index (Phi) is 5.05. The molecule has 21 heavy (non-hydrogen) atoms. The Morgan fingerprint density at radius 1 is 1.48 bits per heavy atom. The van der Waals surface area contributed by atoms with E-state index in [2.05, 4.69) is 16.9 Å². The fourth-order valence-electron chi connectivity index (χ4n) is 1.93. The van der Waals surface area contributed by atoms with Gasteiger partial charge in [0.25, 0.3) is 0 Å². The van der Waals surface area contributed by atoms with E-state index in [1.54, 1.807) is 23.1 Å². The molecule has 1 aromatic heterocycles. The summed E-state index contributed by atoms with van der Waals surface area (Å²) in [5.74, 6) is 3.63. The average Bonchev–Trinajstić information content (AvgIpc) is 3.09. The number of thiazole rings is 1. The largest absolute Gasteiger partial charge is 0.493 e. The molecule has 112 valence electrons. The summed E-state index contributed by atoms with van der Waals surface area (Å²) in [6, 6.07) is 5.97. The van der Waals surface area contributed by atoms with Gasteiger partial charge in [0.05, 0.1) is 16.8 Å². The molecule has 0 radical (unpaired) electrons. The third-order valence-corrected chi connectivity index (χ3v) is 5.93. The highest BCUT2D eigenvalue weighted by Crippen LogP contribution is 2.31. The van der Waals surface area contributed by atoms with Crippen molar-refractivity contribution in [2.75, 3.05) is 23.9 Å². The van der Waals surface area contributed by atoms with Gasteiger partial charge in [0.2, 0.25) is 0 Å². The minimum absolute atomic E-state index is 0.591. The highest BCUT2D eigenvalue weighted by molar-refractivity contribution is 8.15. The van der Waals surface area contributed by atoms with Crippen LogP contribution in [0.1, 0.15) is 11.9 Å². The van der Waals surface area contributed by atoms with Crippen LogP contribution in [-0.2, 0) is 0 Å². The molecule has 0 bridgehead atoms. The van der Waals surface area contributed by atoms with Gasteiger partial charge in [0, 0.05) is 11.5 Å². The smallest absolute Gasteiger partial charge is 0.155 e. The summed E-state index contributed by atoms with van der Waals surface area (Å²) in [5, 5.41) is 11.2. The van der Waals surface area contributed by atoms with Gasteiger partial charge < -0.3 is 9.84 Å². The van der Waals surface area contributed by atoms with Gasteiger partial charge in [-0.2, -0.15) is 11.8 Å². The summed E-state index contributed by atoms with van der Waals surface area (Å²) in [6.45, 7) is 2.88. The summed E-state index contributed by atoms with van der Waals surface area (Å²) < 4.78 is 6.84. The Morgan fingerprint density at radius 3 is 3.14 bits per heavy atom. The molecule has 4 nitrogen and oxygen atoms in total. The van der Waals surface area contributed by atoms with Crippen LogP contribution >= 0.6 is 34.9 Å². The lowest BCUT2D eigenvalue weighted by atomic mass is 10.3. The molecule has 0 spiro atoms. The molecule has 1 aromatic carbocycles. The molecule has 0 saturated carbocycles. The number of hydrogen-bond acceptors (Lipinski definition) is 7. The van der Waals surface area contributed by atoms with E-state index in [0.29, 0.717) is 5.75 Å². The first-order valence-electron chi connectivity index (χ1n) is 6.76. The molecular formula is C14H16N2O2S3. The lowest BCUT2D eigenvalue weighted by molar-refractivity contribution is 0.213. The summed E-state index contributed by atoms with van der Waals surface area (Å²) in [4.78, 5) is 8.77. The maximum atomic E-state index is 9.47. The Labute approximate surface area is 136 Å². The van der Waals surface area contributed by atoms with Crippen LogP contribution in [0.25, 0.3) is 10.2 Å². The molecule has 0 aliphatic carbocycles. The molecule has 1 N–H and O–H groups in total. The molecule has 0 fully saturated rings. The number of aromatic nitrogens is 1. The number of thioether (sulfide) groups is 2. The monoisotopic (exact) mass is 340 g/mol. The predicted molar refractivity (Wildman–Crippen MR) is 93.1 cm³/mol. The number of nitrogens with zero attached hydrogens (tertiary/aromatic N) is 2. The van der Waals surface area contributed by atoms with Crippen LogP contribution < -0.4 is 4.74 Å². The van der Waals surface area contributed by atoms with E-state index < -0.39 is 6.23 Å². The number of ether oxygens (including phenoxy) is 1. The number of fused-ring (bicyclic) bond motifs is 1. The van der Waals surface area contributed by atoms with Gasteiger partial charge in [0.15, 0.2) is 6.23 Å². The fourth-order valence-corrected chi connectivity index (χ4v) is 4.35. The topological polar surface area (TPSA) is 54.7 Å². The zero-order valence-electron chi connectivity index (χ0n) is 11.6. The molecule has 1 aliphatic heterocycles. The molecule has 2 heterocycles. The third-order valence-electron chi connectivity index (χ3n) is 2.88. The van der Waals surface area contributed by atoms with E-state index in [-0.39, 0.29) is 0 Å². The second-order valence-electron chi connectivity index (χ2n) is 4.42. The molecule has 0 unspecified atom stereocenters. The highest BCUT2D eigenvalue weighted by atomic mass is 32.2. The molecule has 7 heteroatoms. The average molecular weight is 340 g/mol. The highest BCUT2D eigenvalue weighted by Gasteiger charge is 2.20. The maximum absolute atomic E-state index is 9.47. The van der Waals surface area contributed by atoms with E-state index in [9.17, 15) is 5.11 Å². The fraction of sp³-hybridized carbons (Fsp3) is 0.429. The standard InChI is InChI=1S/C14H16N2O2S3/c1-2-19-6-5-18-9-3-4-10-11(7-9)21-14(15-10)13-16-12(17)8-20-13/h3-4,7,12,17H,2,5-6,8H2,1H3/t12-/m0/s1. The van der Waals surface area contributed by atoms with Gasteiger partial charge in [-0.05, 0) is 24.0 Å². The zero-order chi connectivity index (χ0) is 14.7. The van der Waals surface area contributed by atoms with Gasteiger partial charge in [-0.25, -0.2) is 9.98 Å². The number of aliphatic imine (C=N–C) groups is 1. The van der Waals surface area contributed by atoms with E-state index in [1.807, 2.05) is 30.0 Å². The van der Waals surface area contributed by atoms with Gasteiger partial charge in [0.1, 0.15) is 15.8 Å². The van der Waals surface area contributed by atoms with Crippen molar-refractivity contribution in [1.29, 1.82) is 0 Å². The Bertz CT molecular complexity index is 657. The van der Waals surface area contributed by atoms with Gasteiger partial charge in [-0.3, -0.25) is 0 Å². The van der Waals surface area contributed by atoms with Crippen molar-refractivity contribution < 1.29 is 9.84 Å². The van der Waals surface area contributed by atoms with Crippen molar-refractivity contribution in [1.82, 2.24) is 4.98 Å². The first kappa shape index (κ1) is 15.1. The van der Waals surface area contributed by atoms with E-state index in [0.717, 1.165) is 44.1 Å². The van der Waals surface area contributed by atoms with E-state index in [4.69, 9.17) is 4.74 Å². The number of rotatable bonds is 6. The molecule has 3 rings (SSSR count). The predicted octanol–water partition coefficient (Wildman–Crippen LogP) is 3.24. The van der Waals surface area contributed by atoms with Crippen molar-refractivity contribution in [3.8, 4) is 5.75 Å². The molecule has 1 aliphatic rings. The van der Waals surface area contributed by atoms with Crippen LogP contribution in [0.15, 0.2) is 23.2 Å². The minimum atomic E-state index is -0.591. The van der Waals surface area contributed by atoms with Crippen LogP contribution in [-0.4, -0.2) is 45.2 Å². The first-order valence-corrected chi connectivity index (χ1v) is 9.72. The Balaban J connectivity index is 1.74. The zero-order valence-corrected chi connectivity index (χ0v) is 14.1. The summed E-state index contributed by atoms with van der Waals surface area (Å²) >= 11 is 5.03. The normalized spacial score (nSPS) is 18.2. The quantitative estimate of drug-likeness (QED) is 0.818. The van der Waals surface area contributed by atoms with E-state index in [1.165, 1.54) is 0 Å². The first-order chi connectivity index (χ1) is 10.3. The lowest BCUT2D eigenvalue weighted by Gasteiger charge is -2.04.